The summed E-state index contributed by atoms with van der Waals surface area (Å²) in [5.41, 5.74) is 2.73. The van der Waals surface area contributed by atoms with Crippen molar-refractivity contribution in [1.82, 2.24) is 19.3 Å². The Bertz CT molecular complexity index is 793. The molecule has 1 N–H and O–H groups in total. The first-order chi connectivity index (χ1) is 14.1. The molecule has 2 fully saturated rings. The molecule has 160 valence electrons. The van der Waals surface area contributed by atoms with E-state index in [0.717, 1.165) is 32.6 Å². The molecule has 5 heteroatoms. The highest BCUT2D eigenvalue weighted by molar-refractivity contribution is 5.83. The first kappa shape index (κ1) is 20.9. The summed E-state index contributed by atoms with van der Waals surface area (Å²) in [6, 6.07) is 10.5. The van der Waals surface area contributed by atoms with Gasteiger partial charge in [-0.05, 0) is 57.8 Å². The van der Waals surface area contributed by atoms with Crippen LogP contribution in [0.3, 0.4) is 0 Å². The lowest BCUT2D eigenvalue weighted by atomic mass is 9.97. The molecule has 0 saturated carbocycles. The van der Waals surface area contributed by atoms with Crippen LogP contribution in [0.4, 0.5) is 0 Å². The lowest BCUT2D eigenvalue weighted by molar-refractivity contribution is 0.0000651. The molecular weight excluding hydrogens is 360 g/mol. The van der Waals surface area contributed by atoms with E-state index >= 15 is 0 Å². The number of aliphatic hydroxyl groups excluding tert-OH is 1. The van der Waals surface area contributed by atoms with Crippen molar-refractivity contribution < 1.29 is 5.11 Å². The summed E-state index contributed by atoms with van der Waals surface area (Å²) in [4.78, 5) is 7.93. The van der Waals surface area contributed by atoms with Crippen molar-refractivity contribution in [3.63, 3.8) is 0 Å². The van der Waals surface area contributed by atoms with Gasteiger partial charge < -0.3 is 14.6 Å². The second-order valence-electron chi connectivity index (χ2n) is 9.28. The fourth-order valence-electron chi connectivity index (χ4n) is 5.49. The van der Waals surface area contributed by atoms with E-state index in [1.807, 2.05) is 0 Å². The Kier molecular flexibility index (Phi) is 6.60. The third-order valence-electron chi connectivity index (χ3n) is 7.15. The predicted octanol–water partition coefficient (Wildman–Crippen LogP) is 2.92. The molecule has 2 aliphatic heterocycles. The SMILES string of the molecule is CC(C)N1CCC(N2CCN(Cc3cn(C)c4ccccc34)C[C@H]2CCO)CC1. The van der Waals surface area contributed by atoms with Crippen molar-refractivity contribution >= 4 is 10.9 Å². The van der Waals surface area contributed by atoms with Crippen LogP contribution >= 0.6 is 0 Å². The number of likely N-dealkylation sites (tertiary alicyclic amines) is 1. The van der Waals surface area contributed by atoms with Crippen LogP contribution in [0.15, 0.2) is 30.5 Å². The molecule has 2 aromatic rings. The zero-order valence-electron chi connectivity index (χ0n) is 18.4. The Balaban J connectivity index is 1.41. The monoisotopic (exact) mass is 398 g/mol. The van der Waals surface area contributed by atoms with Gasteiger partial charge in [-0.15, -0.1) is 0 Å². The van der Waals surface area contributed by atoms with Crippen molar-refractivity contribution in [2.45, 2.75) is 57.8 Å². The second-order valence-corrected chi connectivity index (χ2v) is 9.28. The van der Waals surface area contributed by atoms with Crippen LogP contribution < -0.4 is 0 Å². The Hall–Kier alpha value is -1.40. The quantitative estimate of drug-likeness (QED) is 0.811. The third kappa shape index (κ3) is 4.53. The number of aryl methyl sites for hydroxylation is 1. The molecule has 1 atom stereocenters. The molecular formula is C24H38N4O. The van der Waals surface area contributed by atoms with E-state index in [9.17, 15) is 5.11 Å². The van der Waals surface area contributed by atoms with Crippen molar-refractivity contribution in [2.24, 2.45) is 7.05 Å². The van der Waals surface area contributed by atoms with Crippen LogP contribution in [-0.2, 0) is 13.6 Å². The summed E-state index contributed by atoms with van der Waals surface area (Å²) in [5, 5.41) is 11.1. The Morgan fingerprint density at radius 3 is 2.55 bits per heavy atom. The number of fused-ring (bicyclic) bond motifs is 1. The van der Waals surface area contributed by atoms with Gasteiger partial charge in [0.25, 0.3) is 0 Å². The minimum atomic E-state index is 0.286. The molecule has 1 aromatic heterocycles. The van der Waals surface area contributed by atoms with Crippen LogP contribution in [0.1, 0.15) is 38.7 Å². The fourth-order valence-corrected chi connectivity index (χ4v) is 5.49. The molecule has 0 unspecified atom stereocenters. The van der Waals surface area contributed by atoms with E-state index < -0.39 is 0 Å². The Morgan fingerprint density at radius 2 is 1.83 bits per heavy atom. The molecule has 0 spiro atoms. The van der Waals surface area contributed by atoms with Crippen LogP contribution in [0.5, 0.6) is 0 Å². The summed E-state index contributed by atoms with van der Waals surface area (Å²) in [6.45, 7) is 11.6. The number of aromatic nitrogens is 1. The summed E-state index contributed by atoms with van der Waals surface area (Å²) in [7, 11) is 2.14. The third-order valence-corrected chi connectivity index (χ3v) is 7.15. The van der Waals surface area contributed by atoms with Crippen LogP contribution in [-0.4, -0.2) is 81.8 Å². The van der Waals surface area contributed by atoms with Crippen molar-refractivity contribution in [3.8, 4) is 0 Å². The van der Waals surface area contributed by atoms with E-state index in [-0.39, 0.29) is 6.61 Å². The topological polar surface area (TPSA) is 34.9 Å². The lowest BCUT2D eigenvalue weighted by Gasteiger charge is -2.48. The average molecular weight is 399 g/mol. The van der Waals surface area contributed by atoms with Gasteiger partial charge in [-0.3, -0.25) is 9.80 Å². The molecule has 2 saturated heterocycles. The molecule has 5 nitrogen and oxygen atoms in total. The van der Waals surface area contributed by atoms with E-state index in [1.165, 1.54) is 42.4 Å². The van der Waals surface area contributed by atoms with Gasteiger partial charge in [0.2, 0.25) is 0 Å². The van der Waals surface area contributed by atoms with Crippen molar-refractivity contribution in [1.29, 1.82) is 0 Å². The summed E-state index contributed by atoms with van der Waals surface area (Å²) in [5.74, 6) is 0. The maximum atomic E-state index is 9.71. The molecule has 0 aliphatic carbocycles. The van der Waals surface area contributed by atoms with Gasteiger partial charge in [0, 0.05) is 75.1 Å². The minimum absolute atomic E-state index is 0.286. The zero-order chi connectivity index (χ0) is 20.4. The molecule has 3 heterocycles. The summed E-state index contributed by atoms with van der Waals surface area (Å²) < 4.78 is 2.24. The normalized spacial score (nSPS) is 23.4. The average Bonchev–Trinajstić information content (AvgIpc) is 3.04. The Morgan fingerprint density at radius 1 is 1.07 bits per heavy atom. The van der Waals surface area contributed by atoms with E-state index in [1.54, 1.807) is 0 Å². The van der Waals surface area contributed by atoms with Gasteiger partial charge in [-0.25, -0.2) is 0 Å². The molecule has 29 heavy (non-hydrogen) atoms. The maximum absolute atomic E-state index is 9.71. The number of hydrogen-bond donors (Lipinski definition) is 1. The number of piperidine rings is 1. The first-order valence-electron chi connectivity index (χ1n) is 11.4. The smallest absolute Gasteiger partial charge is 0.0481 e. The summed E-state index contributed by atoms with van der Waals surface area (Å²) in [6.07, 6.45) is 5.71. The standard InChI is InChI=1S/C24H38N4O/c1-19(2)27-11-8-21(9-12-27)28-14-13-26(18-22(28)10-15-29)17-20-16-25(3)24-7-5-4-6-23(20)24/h4-7,16,19,21-22,29H,8-15,17-18H2,1-3H3/t22-/m1/s1. The second kappa shape index (κ2) is 9.17. The van der Waals surface area contributed by atoms with Gasteiger partial charge in [0.1, 0.15) is 0 Å². The van der Waals surface area contributed by atoms with Crippen LogP contribution in [0.25, 0.3) is 10.9 Å². The fraction of sp³-hybridized carbons (Fsp3) is 0.667. The number of piperazine rings is 1. The lowest BCUT2D eigenvalue weighted by Crippen LogP contribution is -2.58. The zero-order valence-corrected chi connectivity index (χ0v) is 18.4. The molecule has 0 amide bonds. The number of para-hydroxylation sites is 1. The van der Waals surface area contributed by atoms with E-state index in [0.29, 0.717) is 18.1 Å². The number of hydrogen-bond acceptors (Lipinski definition) is 4. The Labute approximate surface area is 175 Å². The number of aliphatic hydroxyl groups is 1. The van der Waals surface area contributed by atoms with Gasteiger partial charge in [-0.2, -0.15) is 0 Å². The minimum Gasteiger partial charge on any atom is -0.396 e. The van der Waals surface area contributed by atoms with Crippen molar-refractivity contribution in [2.75, 3.05) is 39.3 Å². The highest BCUT2D eigenvalue weighted by Crippen LogP contribution is 2.27. The van der Waals surface area contributed by atoms with Gasteiger partial charge in [0.15, 0.2) is 0 Å². The van der Waals surface area contributed by atoms with Gasteiger partial charge in [0.05, 0.1) is 0 Å². The molecule has 0 bridgehead atoms. The first-order valence-corrected chi connectivity index (χ1v) is 11.4. The van der Waals surface area contributed by atoms with Crippen molar-refractivity contribution in [3.05, 3.63) is 36.0 Å². The molecule has 4 rings (SSSR count). The predicted molar refractivity (Wildman–Crippen MR) is 120 cm³/mol. The van der Waals surface area contributed by atoms with Crippen LogP contribution in [0.2, 0.25) is 0 Å². The largest absolute Gasteiger partial charge is 0.396 e. The van der Waals surface area contributed by atoms with E-state index in [2.05, 4.69) is 70.6 Å². The van der Waals surface area contributed by atoms with Crippen LogP contribution in [0, 0.1) is 0 Å². The summed E-state index contributed by atoms with van der Waals surface area (Å²) >= 11 is 0. The molecule has 2 aliphatic rings. The highest BCUT2D eigenvalue weighted by Gasteiger charge is 2.34. The van der Waals surface area contributed by atoms with E-state index in [4.69, 9.17) is 0 Å². The number of nitrogens with zero attached hydrogens (tertiary/aromatic N) is 4. The van der Waals surface area contributed by atoms with Gasteiger partial charge in [-0.1, -0.05) is 18.2 Å². The number of benzene rings is 1. The number of rotatable bonds is 6. The van der Waals surface area contributed by atoms with Gasteiger partial charge >= 0.3 is 0 Å². The molecule has 0 radical (unpaired) electrons. The highest BCUT2D eigenvalue weighted by atomic mass is 16.3. The molecule has 1 aromatic carbocycles. The maximum Gasteiger partial charge on any atom is 0.0481 e.